The molecule has 2 heterocycles. The third kappa shape index (κ3) is 15.0. The smallest absolute Gasteiger partial charge is 0.411 e. The Kier molecular flexibility index (Phi) is 18.2. The van der Waals surface area contributed by atoms with Crippen molar-refractivity contribution >= 4 is 48.2 Å². The largest absolute Gasteiger partial charge is 0.477 e. The molecule has 76 heavy (non-hydrogen) atoms. The molecule has 1 aliphatic carbocycles. The molecule has 6 rings (SSSR count). The van der Waals surface area contributed by atoms with Crippen LogP contribution in [0.2, 0.25) is 0 Å². The number of carbonyl (C=O) groups is 6. The van der Waals surface area contributed by atoms with Gasteiger partial charge in [-0.2, -0.15) is 22.7 Å². The number of nitrogens with one attached hydrogen (secondary N) is 4. The predicted octanol–water partition coefficient (Wildman–Crippen LogP) is 9.68. The number of carbonyl (C=O) groups excluding carboxylic acids is 5. The minimum absolute atomic E-state index is 0.0156. The molecule has 17 nitrogen and oxygen atoms in total. The number of halogens is 4. The van der Waals surface area contributed by atoms with Gasteiger partial charge in [0.05, 0.1) is 6.54 Å². The summed E-state index contributed by atoms with van der Waals surface area (Å²) in [6, 6.07) is 18.1. The molecule has 21 heteroatoms. The van der Waals surface area contributed by atoms with Crippen molar-refractivity contribution in [3.8, 4) is 22.5 Å². The average molecular weight is 1060 g/mol. The van der Waals surface area contributed by atoms with Gasteiger partial charge >= 0.3 is 30.0 Å². The molecule has 5 N–H and O–H groups in total. The molecule has 1 aromatic heterocycles. The zero-order valence-corrected chi connectivity index (χ0v) is 44.1. The predicted molar refractivity (Wildman–Crippen MR) is 276 cm³/mol. The van der Waals surface area contributed by atoms with Crippen molar-refractivity contribution in [1.29, 1.82) is 0 Å². The van der Waals surface area contributed by atoms with E-state index in [1.54, 1.807) is 30.8 Å². The van der Waals surface area contributed by atoms with E-state index in [9.17, 15) is 46.3 Å². The van der Waals surface area contributed by atoms with Gasteiger partial charge in [0.25, 0.3) is 0 Å². The van der Waals surface area contributed by atoms with Crippen LogP contribution < -0.4 is 16.0 Å². The number of aryl methyl sites for hydroxylation is 1. The van der Waals surface area contributed by atoms with Crippen LogP contribution in [0.25, 0.3) is 22.5 Å². The lowest BCUT2D eigenvalue weighted by molar-refractivity contribution is -0.231. The molecule has 3 aromatic carbocycles. The summed E-state index contributed by atoms with van der Waals surface area (Å²) in [7, 11) is 0. The minimum atomic E-state index is -5.46. The van der Waals surface area contributed by atoms with Crippen LogP contribution >= 0.6 is 0 Å². The number of amides is 4. The van der Waals surface area contributed by atoms with Gasteiger partial charge in [0.2, 0.25) is 17.6 Å². The van der Waals surface area contributed by atoms with Crippen molar-refractivity contribution in [3.05, 3.63) is 89.2 Å². The van der Waals surface area contributed by atoms with E-state index in [0.29, 0.717) is 58.2 Å². The standard InChI is InChI=1S/C55H68F4N8O9/c1-33-27-36(29-60-25-23-40-24-26-67(31-53(40,8)32-68)50(74)76-52(5,6)7)13-22-42(33)37-14-9-34(10-15-37)28-43(63-45(69)39-16-11-35(12-17-39)30-61-49(73)75-51(2,3)4)46(70)62-41-20-18-38(19-21-41)44-64-47(66-65-44)54(56,57)55(58,59)48(71)72/h9-10,13-15,18-22,25,27,32,35,39-40,43H,11-12,16-17,23-24,26,28-31H2,1-8H3,(H,61,73)(H,62,70)(H,63,69)(H,71,72)(H,64,65,66)/t35?,39?,40?,43-,53?/m0/s1. The summed E-state index contributed by atoms with van der Waals surface area (Å²) >= 11 is 0. The van der Waals surface area contributed by atoms with Crippen molar-refractivity contribution in [3.63, 3.8) is 0 Å². The van der Waals surface area contributed by atoms with E-state index in [1.807, 2.05) is 77.2 Å². The van der Waals surface area contributed by atoms with Crippen LogP contribution in [0.3, 0.4) is 0 Å². The number of rotatable bonds is 18. The average Bonchev–Trinajstić information content (AvgIpc) is 3.86. The van der Waals surface area contributed by atoms with Crippen LogP contribution in [0.4, 0.5) is 32.8 Å². The lowest BCUT2D eigenvalue weighted by Gasteiger charge is -2.42. The van der Waals surface area contributed by atoms with Crippen LogP contribution in [0.1, 0.15) is 110 Å². The normalized spacial score (nSPS) is 19.8. The third-order valence-corrected chi connectivity index (χ3v) is 13.6. The summed E-state index contributed by atoms with van der Waals surface area (Å²) in [6.07, 6.45) is 5.58. The van der Waals surface area contributed by atoms with Gasteiger partial charge in [-0.15, -0.1) is 0 Å². The molecular weight excluding hydrogens is 993 g/mol. The van der Waals surface area contributed by atoms with Crippen molar-refractivity contribution in [2.45, 2.75) is 136 Å². The zero-order valence-electron chi connectivity index (χ0n) is 44.1. The molecule has 0 bridgehead atoms. The molecule has 2 fully saturated rings. The molecular formula is C55H68F4N8O9. The Hall–Kier alpha value is -7.19. The summed E-state index contributed by atoms with van der Waals surface area (Å²) in [4.78, 5) is 85.7. The summed E-state index contributed by atoms with van der Waals surface area (Å²) in [5.41, 5.74) is 2.96. The number of nitrogens with zero attached hydrogens (tertiary/aromatic N) is 4. The van der Waals surface area contributed by atoms with Crippen molar-refractivity contribution in [1.82, 2.24) is 30.7 Å². The summed E-state index contributed by atoms with van der Waals surface area (Å²) in [6.45, 7) is 16.2. The zero-order chi connectivity index (χ0) is 55.8. The van der Waals surface area contributed by atoms with Crippen LogP contribution in [0.5, 0.6) is 0 Å². The van der Waals surface area contributed by atoms with Crippen molar-refractivity contribution in [2.75, 3.05) is 25.0 Å². The van der Waals surface area contributed by atoms with E-state index < -0.39 is 76.1 Å². The molecule has 4 aromatic rings. The maximum atomic E-state index is 14.4. The summed E-state index contributed by atoms with van der Waals surface area (Å²) < 4.78 is 67.3. The van der Waals surface area contributed by atoms with E-state index in [-0.39, 0.29) is 42.0 Å². The molecule has 0 spiro atoms. The highest BCUT2D eigenvalue weighted by molar-refractivity contribution is 5.98. The van der Waals surface area contributed by atoms with Crippen LogP contribution in [-0.4, -0.2) is 110 Å². The Morgan fingerprint density at radius 3 is 2.12 bits per heavy atom. The van der Waals surface area contributed by atoms with Crippen LogP contribution in [0, 0.1) is 30.1 Å². The molecule has 2 aliphatic rings. The van der Waals surface area contributed by atoms with Gasteiger partial charge in [-0.3, -0.25) is 19.7 Å². The molecule has 3 atom stereocenters. The Morgan fingerprint density at radius 1 is 0.882 bits per heavy atom. The highest BCUT2D eigenvalue weighted by atomic mass is 19.3. The molecule has 2 unspecified atom stereocenters. The Morgan fingerprint density at radius 2 is 1.51 bits per heavy atom. The number of aliphatic imine (C=N–C) groups is 1. The lowest BCUT2D eigenvalue weighted by Crippen LogP contribution is -2.51. The third-order valence-electron chi connectivity index (χ3n) is 13.6. The van der Waals surface area contributed by atoms with E-state index in [2.05, 4.69) is 37.1 Å². The second-order valence-corrected chi connectivity index (χ2v) is 22.0. The number of hydrogen-bond acceptors (Lipinski definition) is 11. The van der Waals surface area contributed by atoms with E-state index in [4.69, 9.17) is 14.6 Å². The maximum absolute atomic E-state index is 14.4. The van der Waals surface area contributed by atoms with Gasteiger partial charge in [-0.1, -0.05) is 49.4 Å². The van der Waals surface area contributed by atoms with Gasteiger partial charge in [-0.05, 0) is 157 Å². The maximum Gasteiger partial charge on any atom is 0.411 e. The SMILES string of the molecule is Cc1cc(CN=CCC2CCN(C(=O)OC(C)(C)C)CC2(C)C=O)ccc1-c1ccc(C[C@H](NC(=O)C2CCC(CNC(=O)OC(C)(C)C)CC2)C(=O)Nc2ccc(-c3n[nH]c(C(F)(F)C(F)(F)C(=O)O)n3)cc2)cc1. The Balaban J connectivity index is 1.10. The summed E-state index contributed by atoms with van der Waals surface area (Å²) in [5.74, 6) is -16.9. The van der Waals surface area contributed by atoms with Crippen molar-refractivity contribution < 1.29 is 60.9 Å². The minimum Gasteiger partial charge on any atom is -0.477 e. The number of piperidine rings is 1. The fraction of sp³-hybridized carbons (Fsp3) is 0.509. The highest BCUT2D eigenvalue weighted by Crippen LogP contribution is 2.42. The number of benzene rings is 3. The summed E-state index contributed by atoms with van der Waals surface area (Å²) in [5, 5.41) is 22.4. The van der Waals surface area contributed by atoms with E-state index in [0.717, 1.165) is 34.1 Å². The van der Waals surface area contributed by atoms with E-state index in [1.165, 1.54) is 24.3 Å². The first-order valence-electron chi connectivity index (χ1n) is 25.3. The van der Waals surface area contributed by atoms with Crippen LogP contribution in [0.15, 0.2) is 71.7 Å². The Labute approximate surface area is 439 Å². The number of alkyl carbamates (subject to hydrolysis) is 1. The molecule has 1 aliphatic heterocycles. The number of likely N-dealkylation sites (tertiary alicyclic amines) is 1. The van der Waals surface area contributed by atoms with E-state index >= 15 is 0 Å². The fourth-order valence-electron chi connectivity index (χ4n) is 9.26. The highest BCUT2D eigenvalue weighted by Gasteiger charge is 2.65. The number of aromatic amines is 1. The number of H-pyrrole nitrogens is 1. The number of alkyl halides is 4. The number of carboxylic acid groups (broad SMARTS) is 1. The number of aromatic nitrogens is 3. The van der Waals surface area contributed by atoms with Gasteiger partial charge in [0, 0.05) is 48.6 Å². The Bertz CT molecular complexity index is 2750. The monoisotopic (exact) mass is 1060 g/mol. The molecule has 1 saturated carbocycles. The van der Waals surface area contributed by atoms with Crippen LogP contribution in [-0.2, 0) is 47.5 Å². The first kappa shape index (κ1) is 58.1. The fourth-order valence-corrected chi connectivity index (χ4v) is 9.26. The first-order chi connectivity index (χ1) is 35.6. The van der Waals surface area contributed by atoms with Gasteiger partial charge < -0.3 is 40.2 Å². The first-order valence-corrected chi connectivity index (χ1v) is 25.3. The van der Waals surface area contributed by atoms with Gasteiger partial charge in [0.15, 0.2) is 5.82 Å². The molecule has 410 valence electrons. The van der Waals surface area contributed by atoms with Gasteiger partial charge in [-0.25, -0.2) is 19.4 Å². The quantitative estimate of drug-likeness (QED) is 0.0357. The number of aldehydes is 1. The van der Waals surface area contributed by atoms with Gasteiger partial charge in [0.1, 0.15) is 23.5 Å². The molecule has 1 saturated heterocycles. The number of ether oxygens (including phenoxy) is 2. The molecule has 0 radical (unpaired) electrons. The van der Waals surface area contributed by atoms with Crippen molar-refractivity contribution in [2.24, 2.45) is 28.2 Å². The topological polar surface area (TPSA) is 234 Å². The number of carboxylic acids is 1. The lowest BCUT2D eigenvalue weighted by atomic mass is 9.72. The second-order valence-electron chi connectivity index (χ2n) is 22.0. The number of hydrogen-bond donors (Lipinski definition) is 5. The number of anilines is 1. The second kappa shape index (κ2) is 23.8. The number of aliphatic carboxylic acids is 1. The molecule has 4 amide bonds.